The lowest BCUT2D eigenvalue weighted by Gasteiger charge is -2.07. The summed E-state index contributed by atoms with van der Waals surface area (Å²) < 4.78 is 0. The molecule has 2 aromatic carbocycles. The molecule has 0 bridgehead atoms. The van der Waals surface area contributed by atoms with Crippen LogP contribution in [-0.2, 0) is 0 Å². The smallest absolute Gasteiger partial charge is 0.336 e. The minimum absolute atomic E-state index is 0.117. The highest BCUT2D eigenvalue weighted by molar-refractivity contribution is 6.08. The van der Waals surface area contributed by atoms with E-state index in [9.17, 15) is 19.8 Å². The molecule has 0 saturated carbocycles. The molecule has 0 saturated heterocycles. The first-order valence-corrected chi connectivity index (χ1v) is 10.1. The van der Waals surface area contributed by atoms with Gasteiger partial charge in [-0.15, -0.1) is 0 Å². The first-order chi connectivity index (χ1) is 13.5. The van der Waals surface area contributed by atoms with Crippen LogP contribution in [0.3, 0.4) is 0 Å². The second-order valence-corrected chi connectivity index (χ2v) is 7.06. The average Bonchev–Trinajstić information content (AvgIpc) is 2.68. The van der Waals surface area contributed by atoms with Crippen LogP contribution in [-0.4, -0.2) is 22.2 Å². The molecule has 0 heterocycles. The van der Waals surface area contributed by atoms with E-state index >= 15 is 0 Å². The number of fused-ring (bicyclic) bond motifs is 1. The van der Waals surface area contributed by atoms with Crippen LogP contribution in [0.1, 0.15) is 91.0 Å². The molecule has 2 aromatic rings. The van der Waals surface area contributed by atoms with E-state index in [1.165, 1.54) is 56.7 Å². The van der Waals surface area contributed by atoms with E-state index in [-0.39, 0.29) is 11.1 Å². The van der Waals surface area contributed by atoms with Gasteiger partial charge in [0, 0.05) is 17.4 Å². The van der Waals surface area contributed by atoms with Crippen LogP contribution in [0, 0.1) is 11.8 Å². The van der Waals surface area contributed by atoms with Gasteiger partial charge in [0.1, 0.15) is 0 Å². The van der Waals surface area contributed by atoms with E-state index in [1.54, 1.807) is 12.1 Å². The Morgan fingerprint density at radius 1 is 0.893 bits per heavy atom. The van der Waals surface area contributed by atoms with Crippen molar-refractivity contribution >= 4 is 22.7 Å². The Bertz CT molecular complexity index is 887. The molecule has 0 aliphatic rings. The molecule has 0 aliphatic carbocycles. The lowest BCUT2D eigenvalue weighted by atomic mass is 9.96. The summed E-state index contributed by atoms with van der Waals surface area (Å²) in [6.45, 7) is 2.22. The van der Waals surface area contributed by atoms with Crippen LogP contribution in [0.25, 0.3) is 10.8 Å². The fourth-order valence-corrected chi connectivity index (χ4v) is 3.33. The summed E-state index contributed by atoms with van der Waals surface area (Å²) in [5, 5.41) is 19.9. The number of unbranched alkanes of at least 4 members (excludes halogenated alkanes) is 8. The maximum atomic E-state index is 11.6. The van der Waals surface area contributed by atoms with Crippen molar-refractivity contribution in [3.63, 3.8) is 0 Å². The van der Waals surface area contributed by atoms with E-state index in [4.69, 9.17) is 0 Å². The fourth-order valence-electron chi connectivity index (χ4n) is 3.33. The minimum atomic E-state index is -1.05. The predicted molar refractivity (Wildman–Crippen MR) is 112 cm³/mol. The Morgan fingerprint density at radius 2 is 1.57 bits per heavy atom. The Kier molecular flexibility index (Phi) is 8.55. The summed E-state index contributed by atoms with van der Waals surface area (Å²) in [6.07, 6.45) is 10.5. The molecule has 0 aliphatic heterocycles. The lowest BCUT2D eigenvalue weighted by molar-refractivity contribution is 0.0688. The van der Waals surface area contributed by atoms with Crippen molar-refractivity contribution in [2.75, 3.05) is 0 Å². The third-order valence-electron chi connectivity index (χ3n) is 4.83. The largest absolute Gasteiger partial charge is 0.478 e. The summed E-state index contributed by atoms with van der Waals surface area (Å²) >= 11 is 0. The number of carboxylic acids is 2. The molecule has 0 fully saturated rings. The van der Waals surface area contributed by atoms with Crippen molar-refractivity contribution in [2.24, 2.45) is 0 Å². The molecule has 0 unspecified atom stereocenters. The monoisotopic (exact) mass is 380 g/mol. The zero-order chi connectivity index (χ0) is 20.4. The van der Waals surface area contributed by atoms with E-state index in [0.717, 1.165) is 19.3 Å². The summed E-state index contributed by atoms with van der Waals surface area (Å²) in [4.78, 5) is 23.0. The van der Waals surface area contributed by atoms with Crippen molar-refractivity contribution < 1.29 is 19.8 Å². The number of benzene rings is 2. The van der Waals surface area contributed by atoms with Gasteiger partial charge in [0.2, 0.25) is 0 Å². The van der Waals surface area contributed by atoms with Gasteiger partial charge in [-0.2, -0.15) is 0 Å². The maximum absolute atomic E-state index is 11.6. The van der Waals surface area contributed by atoms with Crippen molar-refractivity contribution in [2.45, 2.75) is 64.7 Å². The molecule has 2 rings (SSSR count). The summed E-state index contributed by atoms with van der Waals surface area (Å²) in [6, 6.07) is 7.83. The maximum Gasteiger partial charge on any atom is 0.336 e. The first kappa shape index (κ1) is 21.5. The molecule has 148 valence electrons. The molecule has 4 nitrogen and oxygen atoms in total. The first-order valence-electron chi connectivity index (χ1n) is 10.1. The van der Waals surface area contributed by atoms with Gasteiger partial charge in [-0.3, -0.25) is 0 Å². The van der Waals surface area contributed by atoms with E-state index in [2.05, 4.69) is 18.8 Å². The van der Waals surface area contributed by atoms with Crippen LogP contribution in [0.5, 0.6) is 0 Å². The van der Waals surface area contributed by atoms with E-state index in [0.29, 0.717) is 16.3 Å². The van der Waals surface area contributed by atoms with Gasteiger partial charge in [0.15, 0.2) is 0 Å². The Balaban J connectivity index is 2.08. The summed E-state index contributed by atoms with van der Waals surface area (Å²) in [5.74, 6) is 4.03. The van der Waals surface area contributed by atoms with Gasteiger partial charge in [-0.1, -0.05) is 75.8 Å². The van der Waals surface area contributed by atoms with Gasteiger partial charge >= 0.3 is 11.9 Å². The van der Waals surface area contributed by atoms with Gasteiger partial charge in [0.05, 0.1) is 11.1 Å². The van der Waals surface area contributed by atoms with Crippen molar-refractivity contribution in [3.8, 4) is 11.8 Å². The van der Waals surface area contributed by atoms with Crippen LogP contribution in [0.4, 0.5) is 0 Å². The van der Waals surface area contributed by atoms with Crippen LogP contribution in [0.15, 0.2) is 30.3 Å². The second-order valence-electron chi connectivity index (χ2n) is 7.06. The number of aromatic carboxylic acids is 2. The van der Waals surface area contributed by atoms with Gasteiger partial charge in [0.25, 0.3) is 0 Å². The molecule has 2 N–H and O–H groups in total. The van der Waals surface area contributed by atoms with Crippen LogP contribution < -0.4 is 0 Å². The lowest BCUT2D eigenvalue weighted by Crippen LogP contribution is -2.02. The molecule has 4 heteroatoms. The second kappa shape index (κ2) is 11.1. The number of hydrogen-bond acceptors (Lipinski definition) is 2. The molecule has 0 radical (unpaired) electrons. The average molecular weight is 380 g/mol. The highest BCUT2D eigenvalue weighted by Gasteiger charge is 2.14. The molecule has 28 heavy (non-hydrogen) atoms. The Hall–Kier alpha value is -2.80. The van der Waals surface area contributed by atoms with Crippen LogP contribution in [0.2, 0.25) is 0 Å². The topological polar surface area (TPSA) is 74.6 Å². The molecular formula is C24H28O4. The highest BCUT2D eigenvalue weighted by Crippen LogP contribution is 2.25. The summed E-state index contributed by atoms with van der Waals surface area (Å²) in [7, 11) is 0. The Labute approximate surface area is 166 Å². The standard InChI is InChI=1S/C24H28O4/c1-2-3-4-5-6-7-8-9-10-11-13-18-16-20(23(25)26)17-19-14-12-15-21(22(18)19)24(27)28/h12,14-17H,2-10H2,1H3,(H,25,26)(H,27,28). The number of rotatable bonds is 10. The molecule has 0 aromatic heterocycles. The normalized spacial score (nSPS) is 10.5. The van der Waals surface area contributed by atoms with Crippen molar-refractivity contribution in [3.05, 3.63) is 47.0 Å². The Morgan fingerprint density at radius 3 is 2.21 bits per heavy atom. The quantitative estimate of drug-likeness (QED) is 0.385. The number of carbonyl (C=O) groups is 2. The number of carboxylic acid groups (broad SMARTS) is 2. The van der Waals surface area contributed by atoms with Gasteiger partial charge in [-0.05, 0) is 30.0 Å². The highest BCUT2D eigenvalue weighted by atomic mass is 16.4. The van der Waals surface area contributed by atoms with Gasteiger partial charge < -0.3 is 10.2 Å². The third kappa shape index (κ3) is 6.13. The van der Waals surface area contributed by atoms with Crippen molar-refractivity contribution in [1.82, 2.24) is 0 Å². The molecule has 0 amide bonds. The zero-order valence-electron chi connectivity index (χ0n) is 16.5. The molecular weight excluding hydrogens is 352 g/mol. The van der Waals surface area contributed by atoms with E-state index in [1.807, 2.05) is 0 Å². The summed E-state index contributed by atoms with van der Waals surface area (Å²) in [5.41, 5.74) is 0.727. The predicted octanol–water partition coefficient (Wildman–Crippen LogP) is 6.12. The fraction of sp³-hybridized carbons (Fsp3) is 0.417. The minimum Gasteiger partial charge on any atom is -0.478 e. The van der Waals surface area contributed by atoms with Gasteiger partial charge in [-0.25, -0.2) is 9.59 Å². The van der Waals surface area contributed by atoms with E-state index < -0.39 is 11.9 Å². The SMILES string of the molecule is CCCCCCCCCCC#Cc1cc(C(=O)O)cc2cccc(C(=O)O)c12. The van der Waals surface area contributed by atoms with Crippen LogP contribution >= 0.6 is 0 Å². The molecule has 0 spiro atoms. The van der Waals surface area contributed by atoms with Crippen molar-refractivity contribution in [1.29, 1.82) is 0 Å². The zero-order valence-corrected chi connectivity index (χ0v) is 16.5. The third-order valence-corrected chi connectivity index (χ3v) is 4.83. The molecule has 0 atom stereocenters. The number of hydrogen-bond donors (Lipinski definition) is 2.